The lowest BCUT2D eigenvalue weighted by molar-refractivity contribution is 0.296. The van der Waals surface area contributed by atoms with Crippen LogP contribution in [0.4, 0.5) is 0 Å². The second-order valence-corrected chi connectivity index (χ2v) is 6.16. The van der Waals surface area contributed by atoms with E-state index in [1.165, 1.54) is 19.3 Å². The largest absolute Gasteiger partial charge is 0.494 e. The van der Waals surface area contributed by atoms with Gasteiger partial charge in [0, 0.05) is 11.3 Å². The number of ether oxygens (including phenoxy) is 3. The Bertz CT molecular complexity index is 628. The summed E-state index contributed by atoms with van der Waals surface area (Å²) in [5.41, 5.74) is 0. The van der Waals surface area contributed by atoms with Crippen LogP contribution >= 0.6 is 11.6 Å². The van der Waals surface area contributed by atoms with Gasteiger partial charge in [-0.2, -0.15) is 0 Å². The lowest BCUT2D eigenvalue weighted by Gasteiger charge is -2.14. The second kappa shape index (κ2) is 10.3. The maximum Gasteiger partial charge on any atom is 0.168 e. The molecule has 2 aromatic carbocycles. The summed E-state index contributed by atoms with van der Waals surface area (Å²) >= 11 is 5.70. The summed E-state index contributed by atoms with van der Waals surface area (Å²) in [5.74, 6) is 3.01. The number of benzene rings is 2. The van der Waals surface area contributed by atoms with Crippen LogP contribution in [-0.4, -0.2) is 26.2 Å². The monoisotopic (exact) mass is 350 g/mol. The molecule has 0 radical (unpaired) electrons. The predicted molar refractivity (Wildman–Crippen MR) is 101 cm³/mol. The number of fused-ring (bicyclic) bond motifs is 1. The van der Waals surface area contributed by atoms with Crippen molar-refractivity contribution in [1.82, 2.24) is 0 Å². The first kappa shape index (κ1) is 18.7. The number of hydrogen-bond acceptors (Lipinski definition) is 3. The van der Waals surface area contributed by atoms with Crippen LogP contribution in [0.5, 0.6) is 17.2 Å². The van der Waals surface area contributed by atoms with E-state index in [0.29, 0.717) is 12.5 Å². The van der Waals surface area contributed by atoms with Gasteiger partial charge < -0.3 is 14.2 Å². The van der Waals surface area contributed by atoms with Gasteiger partial charge in [-0.1, -0.05) is 32.3 Å². The summed E-state index contributed by atoms with van der Waals surface area (Å²) in [6.45, 7) is 3.57. The molecular formula is C20H27ClO3. The third-order valence-electron chi connectivity index (χ3n) is 3.91. The molecule has 0 N–H and O–H groups in total. The van der Waals surface area contributed by atoms with Gasteiger partial charge in [0.25, 0.3) is 0 Å². The molecule has 0 atom stereocenters. The maximum absolute atomic E-state index is 5.86. The van der Waals surface area contributed by atoms with Crippen molar-refractivity contribution >= 4 is 22.4 Å². The normalized spacial score (nSPS) is 10.8. The zero-order valence-corrected chi connectivity index (χ0v) is 15.4. The highest BCUT2D eigenvalue weighted by Gasteiger charge is 2.10. The van der Waals surface area contributed by atoms with E-state index < -0.39 is 0 Å². The fourth-order valence-corrected chi connectivity index (χ4v) is 2.74. The van der Waals surface area contributed by atoms with Crippen LogP contribution in [0.1, 0.15) is 39.0 Å². The number of unbranched alkanes of at least 4 members (excludes halogenated alkanes) is 3. The van der Waals surface area contributed by atoms with Crippen molar-refractivity contribution in [2.75, 3.05) is 26.2 Å². The zero-order valence-electron chi connectivity index (χ0n) is 14.6. The first-order valence-corrected chi connectivity index (χ1v) is 9.26. The van der Waals surface area contributed by atoms with Gasteiger partial charge in [0.15, 0.2) is 11.5 Å². The number of alkyl halides is 1. The minimum absolute atomic E-state index is 0.588. The molecule has 0 amide bonds. The van der Waals surface area contributed by atoms with Crippen LogP contribution in [0.15, 0.2) is 30.3 Å². The standard InChI is InChI=1S/C20H27ClO3/c1-3-4-5-6-13-23-17-9-10-18-16(15-17)8-11-19(20(18)22-2)24-14-7-12-21/h8-11,15H,3-7,12-14H2,1-2H3. The van der Waals surface area contributed by atoms with E-state index in [1.54, 1.807) is 7.11 Å². The molecular weight excluding hydrogens is 324 g/mol. The Hall–Kier alpha value is -1.61. The molecule has 2 rings (SSSR count). The molecule has 0 aliphatic carbocycles. The van der Waals surface area contributed by atoms with Crippen LogP contribution in [0.3, 0.4) is 0 Å². The fourth-order valence-electron chi connectivity index (χ4n) is 2.63. The minimum atomic E-state index is 0.588. The molecule has 4 heteroatoms. The molecule has 0 fully saturated rings. The van der Waals surface area contributed by atoms with Gasteiger partial charge in [-0.25, -0.2) is 0 Å². The topological polar surface area (TPSA) is 27.7 Å². The Labute approximate surface area is 149 Å². The highest BCUT2D eigenvalue weighted by Crippen LogP contribution is 2.37. The number of methoxy groups -OCH3 is 1. The molecule has 2 aromatic rings. The second-order valence-electron chi connectivity index (χ2n) is 5.78. The Morgan fingerprint density at radius 3 is 2.50 bits per heavy atom. The zero-order chi connectivity index (χ0) is 17.2. The van der Waals surface area contributed by atoms with E-state index in [2.05, 4.69) is 13.0 Å². The third kappa shape index (κ3) is 5.20. The average molecular weight is 351 g/mol. The summed E-state index contributed by atoms with van der Waals surface area (Å²) in [5, 5.41) is 2.11. The van der Waals surface area contributed by atoms with E-state index >= 15 is 0 Å². The van der Waals surface area contributed by atoms with Crippen LogP contribution in [-0.2, 0) is 0 Å². The summed E-state index contributed by atoms with van der Waals surface area (Å²) in [6.07, 6.45) is 5.65. The van der Waals surface area contributed by atoms with Crippen molar-refractivity contribution in [1.29, 1.82) is 0 Å². The summed E-state index contributed by atoms with van der Waals surface area (Å²) < 4.78 is 17.2. The number of halogens is 1. The van der Waals surface area contributed by atoms with E-state index in [-0.39, 0.29) is 0 Å². The molecule has 24 heavy (non-hydrogen) atoms. The van der Waals surface area contributed by atoms with E-state index in [1.807, 2.05) is 24.3 Å². The fraction of sp³-hybridized carbons (Fsp3) is 0.500. The maximum atomic E-state index is 5.86. The predicted octanol–water partition coefficient (Wildman–Crippen LogP) is 5.82. The first-order valence-electron chi connectivity index (χ1n) is 8.72. The van der Waals surface area contributed by atoms with Crippen LogP contribution in [0, 0.1) is 0 Å². The SMILES string of the molecule is CCCCCCOc1ccc2c(OC)c(OCCCCl)ccc2c1. The molecule has 0 saturated heterocycles. The smallest absolute Gasteiger partial charge is 0.168 e. The number of rotatable bonds is 11. The molecule has 0 bridgehead atoms. The molecule has 0 aliphatic heterocycles. The molecule has 0 aromatic heterocycles. The molecule has 0 aliphatic rings. The summed E-state index contributed by atoms with van der Waals surface area (Å²) in [4.78, 5) is 0. The number of hydrogen-bond donors (Lipinski definition) is 0. The Morgan fingerprint density at radius 2 is 1.75 bits per heavy atom. The van der Waals surface area contributed by atoms with Gasteiger partial charge in [0.05, 0.1) is 20.3 Å². The quantitative estimate of drug-likeness (QED) is 0.377. The average Bonchev–Trinajstić information content (AvgIpc) is 2.61. The van der Waals surface area contributed by atoms with Crippen molar-refractivity contribution in [3.63, 3.8) is 0 Å². The Morgan fingerprint density at radius 1 is 0.917 bits per heavy atom. The van der Waals surface area contributed by atoms with Crippen molar-refractivity contribution in [2.45, 2.75) is 39.0 Å². The van der Waals surface area contributed by atoms with Gasteiger partial charge in [-0.15, -0.1) is 11.6 Å². The van der Waals surface area contributed by atoms with Crippen LogP contribution < -0.4 is 14.2 Å². The van der Waals surface area contributed by atoms with Crippen molar-refractivity contribution in [3.05, 3.63) is 30.3 Å². The first-order chi connectivity index (χ1) is 11.8. The molecule has 0 heterocycles. The molecule has 132 valence electrons. The lowest BCUT2D eigenvalue weighted by atomic mass is 10.1. The summed E-state index contributed by atoms with van der Waals surface area (Å²) in [6, 6.07) is 10.1. The third-order valence-corrected chi connectivity index (χ3v) is 4.18. The van der Waals surface area contributed by atoms with Gasteiger partial charge in [0.2, 0.25) is 0 Å². The van der Waals surface area contributed by atoms with Crippen LogP contribution in [0.2, 0.25) is 0 Å². The molecule has 0 unspecified atom stereocenters. The Balaban J connectivity index is 2.08. The minimum Gasteiger partial charge on any atom is -0.494 e. The highest BCUT2D eigenvalue weighted by atomic mass is 35.5. The lowest BCUT2D eigenvalue weighted by Crippen LogP contribution is -2.00. The summed E-state index contributed by atoms with van der Waals surface area (Å²) in [7, 11) is 1.67. The van der Waals surface area contributed by atoms with E-state index in [4.69, 9.17) is 25.8 Å². The van der Waals surface area contributed by atoms with E-state index in [0.717, 1.165) is 47.5 Å². The van der Waals surface area contributed by atoms with Gasteiger partial charge >= 0.3 is 0 Å². The Kier molecular flexibility index (Phi) is 8.03. The molecule has 3 nitrogen and oxygen atoms in total. The van der Waals surface area contributed by atoms with Gasteiger partial charge in [-0.05, 0) is 42.5 Å². The molecule has 0 saturated carbocycles. The van der Waals surface area contributed by atoms with Crippen LogP contribution in [0.25, 0.3) is 10.8 Å². The van der Waals surface area contributed by atoms with Gasteiger partial charge in [-0.3, -0.25) is 0 Å². The van der Waals surface area contributed by atoms with Crippen molar-refractivity contribution < 1.29 is 14.2 Å². The molecule has 0 spiro atoms. The van der Waals surface area contributed by atoms with Gasteiger partial charge in [0.1, 0.15) is 5.75 Å². The van der Waals surface area contributed by atoms with Crippen molar-refractivity contribution in [3.8, 4) is 17.2 Å². The van der Waals surface area contributed by atoms with Crippen molar-refractivity contribution in [2.24, 2.45) is 0 Å². The van der Waals surface area contributed by atoms with E-state index in [9.17, 15) is 0 Å². The highest BCUT2D eigenvalue weighted by molar-refractivity contribution is 6.17.